The van der Waals surface area contributed by atoms with E-state index in [0.29, 0.717) is 0 Å². The standard InChI is InChI=1S/C12H12ClN/c1-2-5-9-8-14-11-7-4-3-6-10(11)12(9)13/h3-4,6-8H,2,5H2,1H3. The van der Waals surface area contributed by atoms with Gasteiger partial charge in [0.05, 0.1) is 10.5 Å². The molecule has 0 aliphatic heterocycles. The summed E-state index contributed by atoms with van der Waals surface area (Å²) in [6.07, 6.45) is 3.98. The van der Waals surface area contributed by atoms with Crippen molar-refractivity contribution in [2.75, 3.05) is 0 Å². The van der Waals surface area contributed by atoms with Crippen LogP contribution in [0.2, 0.25) is 5.02 Å². The summed E-state index contributed by atoms with van der Waals surface area (Å²) in [5.41, 5.74) is 2.12. The number of rotatable bonds is 2. The quantitative estimate of drug-likeness (QED) is 0.726. The van der Waals surface area contributed by atoms with Gasteiger partial charge in [-0.3, -0.25) is 4.98 Å². The van der Waals surface area contributed by atoms with Crippen LogP contribution in [-0.2, 0) is 6.42 Å². The smallest absolute Gasteiger partial charge is 0.0717 e. The van der Waals surface area contributed by atoms with Gasteiger partial charge in [0.15, 0.2) is 0 Å². The summed E-state index contributed by atoms with van der Waals surface area (Å²) in [7, 11) is 0. The van der Waals surface area contributed by atoms with Crippen LogP contribution in [0.1, 0.15) is 18.9 Å². The summed E-state index contributed by atoms with van der Waals surface area (Å²) in [5.74, 6) is 0. The summed E-state index contributed by atoms with van der Waals surface area (Å²) in [4.78, 5) is 4.38. The van der Waals surface area contributed by atoms with Gasteiger partial charge in [0.1, 0.15) is 0 Å². The highest BCUT2D eigenvalue weighted by Crippen LogP contribution is 2.25. The van der Waals surface area contributed by atoms with Crippen LogP contribution in [0.15, 0.2) is 30.5 Å². The molecule has 1 aromatic heterocycles. The molecule has 1 nitrogen and oxygen atoms in total. The Morgan fingerprint density at radius 1 is 1.29 bits per heavy atom. The molecule has 72 valence electrons. The molecule has 2 rings (SSSR count). The third-order valence-corrected chi connectivity index (χ3v) is 2.75. The van der Waals surface area contributed by atoms with Crippen molar-refractivity contribution in [3.05, 3.63) is 41.0 Å². The first-order valence-corrected chi connectivity index (χ1v) is 5.23. The van der Waals surface area contributed by atoms with Crippen molar-refractivity contribution in [3.8, 4) is 0 Å². The normalized spacial score (nSPS) is 10.7. The molecule has 1 aromatic carbocycles. The van der Waals surface area contributed by atoms with Crippen LogP contribution in [0.3, 0.4) is 0 Å². The first kappa shape index (κ1) is 9.47. The van der Waals surface area contributed by atoms with Gasteiger partial charge in [-0.1, -0.05) is 43.1 Å². The molecule has 0 aliphatic rings. The number of para-hydroxylation sites is 1. The van der Waals surface area contributed by atoms with Crippen LogP contribution in [0, 0.1) is 0 Å². The summed E-state index contributed by atoms with van der Waals surface area (Å²) in [6.45, 7) is 2.14. The minimum atomic E-state index is 0.859. The summed E-state index contributed by atoms with van der Waals surface area (Å²) >= 11 is 6.28. The average molecular weight is 206 g/mol. The number of pyridine rings is 1. The number of aryl methyl sites for hydroxylation is 1. The lowest BCUT2D eigenvalue weighted by Gasteiger charge is -2.05. The molecule has 0 spiro atoms. The lowest BCUT2D eigenvalue weighted by atomic mass is 10.1. The third-order valence-electron chi connectivity index (χ3n) is 2.30. The van der Waals surface area contributed by atoms with Gasteiger partial charge in [0, 0.05) is 11.6 Å². The zero-order chi connectivity index (χ0) is 9.97. The van der Waals surface area contributed by atoms with Crippen LogP contribution in [-0.4, -0.2) is 4.98 Å². The Bertz CT molecular complexity index is 451. The van der Waals surface area contributed by atoms with Gasteiger partial charge in [-0.2, -0.15) is 0 Å². The zero-order valence-corrected chi connectivity index (χ0v) is 8.88. The molecule has 0 N–H and O–H groups in total. The van der Waals surface area contributed by atoms with Crippen molar-refractivity contribution in [2.24, 2.45) is 0 Å². The number of nitrogens with zero attached hydrogens (tertiary/aromatic N) is 1. The molecule has 0 saturated heterocycles. The Kier molecular flexibility index (Phi) is 2.69. The highest BCUT2D eigenvalue weighted by Gasteiger charge is 2.04. The number of hydrogen-bond donors (Lipinski definition) is 0. The molecule has 2 aromatic rings. The van der Waals surface area contributed by atoms with Gasteiger partial charge in [0.25, 0.3) is 0 Å². The number of hydrogen-bond acceptors (Lipinski definition) is 1. The predicted molar refractivity (Wildman–Crippen MR) is 60.7 cm³/mol. The first-order valence-electron chi connectivity index (χ1n) is 4.85. The number of halogens is 1. The Balaban J connectivity index is 2.63. The van der Waals surface area contributed by atoms with Gasteiger partial charge in [-0.05, 0) is 18.1 Å². The van der Waals surface area contributed by atoms with E-state index in [-0.39, 0.29) is 0 Å². The molecule has 0 aliphatic carbocycles. The van der Waals surface area contributed by atoms with Gasteiger partial charge >= 0.3 is 0 Å². The molecule has 0 amide bonds. The maximum atomic E-state index is 6.28. The fourth-order valence-corrected chi connectivity index (χ4v) is 1.90. The van der Waals surface area contributed by atoms with Crippen molar-refractivity contribution >= 4 is 22.5 Å². The zero-order valence-electron chi connectivity index (χ0n) is 8.13. The summed E-state index contributed by atoms with van der Waals surface area (Å²) in [5, 5.41) is 1.91. The van der Waals surface area contributed by atoms with E-state index < -0.39 is 0 Å². The largest absolute Gasteiger partial charge is 0.256 e. The maximum Gasteiger partial charge on any atom is 0.0717 e. The van der Waals surface area contributed by atoms with E-state index in [4.69, 9.17) is 11.6 Å². The van der Waals surface area contributed by atoms with Crippen LogP contribution < -0.4 is 0 Å². The van der Waals surface area contributed by atoms with Gasteiger partial charge in [0.2, 0.25) is 0 Å². The number of benzene rings is 1. The lowest BCUT2D eigenvalue weighted by Crippen LogP contribution is -1.89. The summed E-state index contributed by atoms with van der Waals surface area (Å²) < 4.78 is 0. The molecule has 2 heteroatoms. The molecule has 0 bridgehead atoms. The topological polar surface area (TPSA) is 12.9 Å². The van der Waals surface area contributed by atoms with Crippen molar-refractivity contribution in [3.63, 3.8) is 0 Å². The van der Waals surface area contributed by atoms with Crippen molar-refractivity contribution in [1.29, 1.82) is 0 Å². The molecular formula is C12H12ClN. The molecule has 0 fully saturated rings. The SMILES string of the molecule is CCCc1cnc2ccccc2c1Cl. The Morgan fingerprint density at radius 2 is 2.07 bits per heavy atom. The minimum Gasteiger partial charge on any atom is -0.256 e. The van der Waals surface area contributed by atoms with Crippen molar-refractivity contribution < 1.29 is 0 Å². The molecule has 0 saturated carbocycles. The van der Waals surface area contributed by atoms with Crippen LogP contribution in [0.5, 0.6) is 0 Å². The molecule has 1 heterocycles. The fraction of sp³-hybridized carbons (Fsp3) is 0.250. The van der Waals surface area contributed by atoms with Crippen LogP contribution in [0.25, 0.3) is 10.9 Å². The van der Waals surface area contributed by atoms with Gasteiger partial charge in [-0.15, -0.1) is 0 Å². The van der Waals surface area contributed by atoms with Crippen LogP contribution in [0.4, 0.5) is 0 Å². The van der Waals surface area contributed by atoms with Crippen molar-refractivity contribution in [2.45, 2.75) is 19.8 Å². The second-order valence-corrected chi connectivity index (χ2v) is 3.74. The van der Waals surface area contributed by atoms with Crippen molar-refractivity contribution in [1.82, 2.24) is 4.98 Å². The average Bonchev–Trinajstić information content (AvgIpc) is 2.23. The molecular weight excluding hydrogens is 194 g/mol. The Labute approximate surface area is 88.7 Å². The number of fused-ring (bicyclic) bond motifs is 1. The second kappa shape index (κ2) is 3.97. The van der Waals surface area contributed by atoms with E-state index in [2.05, 4.69) is 11.9 Å². The van der Waals surface area contributed by atoms with Crippen LogP contribution >= 0.6 is 11.6 Å². The Hall–Kier alpha value is -1.08. The summed E-state index contributed by atoms with van der Waals surface area (Å²) in [6, 6.07) is 7.97. The molecule has 0 atom stereocenters. The lowest BCUT2D eigenvalue weighted by molar-refractivity contribution is 0.917. The number of aromatic nitrogens is 1. The van der Waals surface area contributed by atoms with E-state index in [0.717, 1.165) is 34.3 Å². The van der Waals surface area contributed by atoms with E-state index in [1.807, 2.05) is 30.5 Å². The molecule has 0 radical (unpaired) electrons. The van der Waals surface area contributed by atoms with E-state index >= 15 is 0 Å². The second-order valence-electron chi connectivity index (χ2n) is 3.36. The van der Waals surface area contributed by atoms with E-state index in [1.54, 1.807) is 0 Å². The monoisotopic (exact) mass is 205 g/mol. The van der Waals surface area contributed by atoms with Gasteiger partial charge in [-0.25, -0.2) is 0 Å². The first-order chi connectivity index (χ1) is 6.83. The maximum absolute atomic E-state index is 6.28. The molecule has 14 heavy (non-hydrogen) atoms. The van der Waals surface area contributed by atoms with E-state index in [1.165, 1.54) is 0 Å². The fourth-order valence-electron chi connectivity index (χ4n) is 1.59. The van der Waals surface area contributed by atoms with Gasteiger partial charge < -0.3 is 0 Å². The Morgan fingerprint density at radius 3 is 2.86 bits per heavy atom. The predicted octanol–water partition coefficient (Wildman–Crippen LogP) is 3.84. The highest BCUT2D eigenvalue weighted by molar-refractivity contribution is 6.36. The van der Waals surface area contributed by atoms with E-state index in [9.17, 15) is 0 Å². The highest BCUT2D eigenvalue weighted by atomic mass is 35.5. The molecule has 0 unspecified atom stereocenters. The minimum absolute atomic E-state index is 0.859. The third kappa shape index (κ3) is 1.60.